The quantitative estimate of drug-likeness (QED) is 0.440. The largest absolute Gasteiger partial charge is 0.463 e. The van der Waals surface area contributed by atoms with Crippen LogP contribution in [0, 0.1) is 6.92 Å². The van der Waals surface area contributed by atoms with Crippen molar-refractivity contribution in [3.63, 3.8) is 0 Å². The Bertz CT molecular complexity index is 1240. The van der Waals surface area contributed by atoms with Crippen LogP contribution in [0.2, 0.25) is 5.02 Å². The minimum Gasteiger partial charge on any atom is -0.463 e. The normalized spacial score (nSPS) is 14.1. The van der Waals surface area contributed by atoms with Gasteiger partial charge in [-0.15, -0.1) is 0 Å². The molecule has 1 fully saturated rings. The molecule has 1 saturated heterocycles. The van der Waals surface area contributed by atoms with Gasteiger partial charge in [-0.3, -0.25) is 4.79 Å². The molecule has 0 spiro atoms. The maximum Gasteiger partial charge on any atom is 0.272 e. The topological polar surface area (TPSA) is 54.5 Å². The maximum absolute atomic E-state index is 13.6. The smallest absolute Gasteiger partial charge is 0.272 e. The third kappa shape index (κ3) is 4.01. The molecule has 32 heavy (non-hydrogen) atoms. The van der Waals surface area contributed by atoms with Gasteiger partial charge in [0.1, 0.15) is 11.4 Å². The van der Waals surface area contributed by atoms with Crippen LogP contribution in [0.4, 0.5) is 5.69 Å². The Labute approximate surface area is 191 Å². The number of hydrogen-bond acceptors (Lipinski definition) is 4. The molecule has 0 saturated carbocycles. The van der Waals surface area contributed by atoms with E-state index in [0.29, 0.717) is 35.3 Å². The van der Waals surface area contributed by atoms with Crippen molar-refractivity contribution in [2.24, 2.45) is 0 Å². The molecule has 4 aromatic rings. The summed E-state index contributed by atoms with van der Waals surface area (Å²) in [5.41, 5.74) is 4.19. The molecular weight excluding hydrogens is 424 g/mol. The van der Waals surface area contributed by atoms with Crippen molar-refractivity contribution in [2.45, 2.75) is 6.92 Å². The van der Waals surface area contributed by atoms with Crippen LogP contribution in [0.1, 0.15) is 16.1 Å². The highest BCUT2D eigenvalue weighted by Crippen LogP contribution is 2.25. The first-order valence-electron chi connectivity index (χ1n) is 10.6. The van der Waals surface area contributed by atoms with Crippen LogP contribution in [0.25, 0.3) is 17.1 Å². The van der Waals surface area contributed by atoms with Crippen molar-refractivity contribution in [1.29, 1.82) is 0 Å². The number of halogens is 1. The van der Waals surface area contributed by atoms with Crippen LogP contribution in [0.5, 0.6) is 0 Å². The molecule has 0 unspecified atom stereocenters. The average Bonchev–Trinajstić information content (AvgIpc) is 3.49. The van der Waals surface area contributed by atoms with Crippen molar-refractivity contribution in [2.75, 3.05) is 31.1 Å². The molecule has 7 heteroatoms. The lowest BCUT2D eigenvalue weighted by atomic mass is 10.2. The van der Waals surface area contributed by atoms with Crippen LogP contribution in [-0.4, -0.2) is 46.8 Å². The second-order valence-electron chi connectivity index (χ2n) is 7.90. The highest BCUT2D eigenvalue weighted by molar-refractivity contribution is 6.30. The molecular formula is C25H23ClN4O2. The van der Waals surface area contributed by atoms with E-state index < -0.39 is 0 Å². The third-order valence-corrected chi connectivity index (χ3v) is 5.92. The van der Waals surface area contributed by atoms with Gasteiger partial charge < -0.3 is 14.2 Å². The summed E-state index contributed by atoms with van der Waals surface area (Å²) in [6.07, 6.45) is 1.61. The molecule has 1 aliphatic heterocycles. The number of anilines is 1. The molecule has 0 radical (unpaired) electrons. The van der Waals surface area contributed by atoms with Crippen LogP contribution < -0.4 is 4.90 Å². The number of rotatable bonds is 4. The van der Waals surface area contributed by atoms with Gasteiger partial charge in [-0.25, -0.2) is 4.68 Å². The fourth-order valence-corrected chi connectivity index (χ4v) is 4.22. The average molecular weight is 447 g/mol. The summed E-state index contributed by atoms with van der Waals surface area (Å²) in [6.45, 7) is 4.77. The molecule has 162 valence electrons. The lowest BCUT2D eigenvalue weighted by molar-refractivity contribution is 0.0737. The van der Waals surface area contributed by atoms with E-state index in [0.717, 1.165) is 30.0 Å². The molecule has 3 heterocycles. The van der Waals surface area contributed by atoms with Crippen molar-refractivity contribution in [3.05, 3.63) is 89.3 Å². The molecule has 0 aliphatic carbocycles. The van der Waals surface area contributed by atoms with Gasteiger partial charge in [0.2, 0.25) is 0 Å². The number of nitrogens with zero attached hydrogens (tertiary/aromatic N) is 4. The summed E-state index contributed by atoms with van der Waals surface area (Å²) in [4.78, 5) is 17.7. The van der Waals surface area contributed by atoms with E-state index in [9.17, 15) is 4.79 Å². The third-order valence-electron chi connectivity index (χ3n) is 5.69. The molecule has 5 rings (SSSR count). The van der Waals surface area contributed by atoms with Gasteiger partial charge in [0, 0.05) is 43.0 Å². The summed E-state index contributed by atoms with van der Waals surface area (Å²) >= 11 is 6.15. The van der Waals surface area contributed by atoms with Gasteiger partial charge in [-0.05, 0) is 55.0 Å². The van der Waals surface area contributed by atoms with Crippen molar-refractivity contribution >= 4 is 23.2 Å². The van der Waals surface area contributed by atoms with Crippen LogP contribution in [-0.2, 0) is 0 Å². The van der Waals surface area contributed by atoms with E-state index in [4.69, 9.17) is 21.1 Å². The predicted molar refractivity (Wildman–Crippen MR) is 126 cm³/mol. The second-order valence-corrected chi connectivity index (χ2v) is 8.34. The van der Waals surface area contributed by atoms with Gasteiger partial charge in [0.25, 0.3) is 5.91 Å². The first-order chi connectivity index (χ1) is 15.6. The van der Waals surface area contributed by atoms with Gasteiger partial charge in [0.15, 0.2) is 5.76 Å². The first kappa shape index (κ1) is 20.4. The van der Waals surface area contributed by atoms with E-state index in [1.165, 1.54) is 0 Å². The monoisotopic (exact) mass is 446 g/mol. The highest BCUT2D eigenvalue weighted by atomic mass is 35.5. The molecule has 0 atom stereocenters. The lowest BCUT2D eigenvalue weighted by Crippen LogP contribution is -2.49. The molecule has 6 nitrogen and oxygen atoms in total. The van der Waals surface area contributed by atoms with Gasteiger partial charge in [0.05, 0.1) is 12.0 Å². The second kappa shape index (κ2) is 8.55. The van der Waals surface area contributed by atoms with Crippen molar-refractivity contribution < 1.29 is 9.21 Å². The molecule has 0 bridgehead atoms. The van der Waals surface area contributed by atoms with Crippen LogP contribution >= 0.6 is 11.6 Å². The van der Waals surface area contributed by atoms with Crippen LogP contribution in [0.15, 0.2) is 77.4 Å². The standard InChI is InChI=1S/C25H23ClN4O2/c1-18-5-2-8-21(15-18)30-23(17-22(27-30)24-9-4-14-32-24)25(31)29-12-10-28(11-13-29)20-7-3-6-19(26)16-20/h2-9,14-17H,10-13H2,1H3. The summed E-state index contributed by atoms with van der Waals surface area (Å²) < 4.78 is 7.25. The SMILES string of the molecule is Cc1cccc(-n2nc(-c3ccco3)cc2C(=O)N2CCN(c3cccc(Cl)c3)CC2)c1. The number of amides is 1. The van der Waals surface area contributed by atoms with Crippen molar-refractivity contribution in [1.82, 2.24) is 14.7 Å². The van der Waals surface area contributed by atoms with Crippen molar-refractivity contribution in [3.8, 4) is 17.1 Å². The number of benzene rings is 2. The van der Waals surface area contributed by atoms with Gasteiger partial charge in [-0.2, -0.15) is 5.10 Å². The van der Waals surface area contributed by atoms with Gasteiger partial charge in [-0.1, -0.05) is 29.8 Å². The fraction of sp³-hybridized carbons (Fsp3) is 0.200. The van der Waals surface area contributed by atoms with Crippen LogP contribution in [0.3, 0.4) is 0 Å². The number of furan rings is 1. The van der Waals surface area contributed by atoms with Gasteiger partial charge >= 0.3 is 0 Å². The zero-order valence-corrected chi connectivity index (χ0v) is 18.5. The number of carbonyl (C=O) groups is 1. The Morgan fingerprint density at radius 3 is 2.44 bits per heavy atom. The summed E-state index contributed by atoms with van der Waals surface area (Å²) in [7, 11) is 0. The molecule has 1 aliphatic rings. The van der Waals surface area contributed by atoms with E-state index >= 15 is 0 Å². The molecule has 0 N–H and O–H groups in total. The number of aromatic nitrogens is 2. The van der Waals surface area contributed by atoms with E-state index in [1.54, 1.807) is 10.9 Å². The fourth-order valence-electron chi connectivity index (χ4n) is 4.04. The predicted octanol–water partition coefficient (Wildman–Crippen LogP) is 5.06. The Morgan fingerprint density at radius 1 is 0.938 bits per heavy atom. The Balaban J connectivity index is 1.42. The Hall–Kier alpha value is -3.51. The van der Waals surface area contributed by atoms with E-state index in [2.05, 4.69) is 4.90 Å². The first-order valence-corrected chi connectivity index (χ1v) is 11.0. The lowest BCUT2D eigenvalue weighted by Gasteiger charge is -2.36. The summed E-state index contributed by atoms with van der Waals surface area (Å²) in [5.74, 6) is 0.596. The maximum atomic E-state index is 13.6. The molecule has 2 aromatic carbocycles. The molecule has 2 aromatic heterocycles. The minimum absolute atomic E-state index is 0.0393. The summed E-state index contributed by atoms with van der Waals surface area (Å²) in [6, 6.07) is 21.3. The minimum atomic E-state index is -0.0393. The zero-order valence-electron chi connectivity index (χ0n) is 17.7. The van der Waals surface area contributed by atoms with E-state index in [1.807, 2.05) is 78.6 Å². The molecule has 1 amide bonds. The highest BCUT2D eigenvalue weighted by Gasteiger charge is 2.27. The number of hydrogen-bond donors (Lipinski definition) is 0. The Kier molecular flexibility index (Phi) is 5.45. The number of carbonyl (C=O) groups excluding carboxylic acids is 1. The van der Waals surface area contributed by atoms with E-state index in [-0.39, 0.29) is 5.91 Å². The summed E-state index contributed by atoms with van der Waals surface area (Å²) in [5, 5.41) is 5.42. The number of aryl methyl sites for hydroxylation is 1. The zero-order chi connectivity index (χ0) is 22.1. The number of piperazine rings is 1. The Morgan fingerprint density at radius 2 is 1.72 bits per heavy atom.